The van der Waals surface area contributed by atoms with E-state index in [1.807, 2.05) is 0 Å². The first kappa shape index (κ1) is 18.3. The van der Waals surface area contributed by atoms with Gasteiger partial charge in [0.1, 0.15) is 11.4 Å². The third kappa shape index (κ3) is 2.84. The van der Waals surface area contributed by atoms with Crippen molar-refractivity contribution in [3.8, 4) is 5.75 Å². The smallest absolute Gasteiger partial charge is 0.296 e. The zero-order valence-electron chi connectivity index (χ0n) is 14.6. The van der Waals surface area contributed by atoms with Gasteiger partial charge in [0.15, 0.2) is 15.5 Å². The molecule has 0 unspecified atom stereocenters. The van der Waals surface area contributed by atoms with Gasteiger partial charge in [-0.1, -0.05) is 0 Å². The maximum Gasteiger partial charge on any atom is 0.296 e. The molecule has 0 saturated heterocycles. The molecule has 1 amide bonds. The van der Waals surface area contributed by atoms with E-state index in [1.54, 1.807) is 13.8 Å². The van der Waals surface area contributed by atoms with Gasteiger partial charge in [-0.3, -0.25) is 14.2 Å². The highest BCUT2D eigenvalue weighted by Crippen LogP contribution is 2.27. The van der Waals surface area contributed by atoms with Crippen LogP contribution in [0.4, 0.5) is 0 Å². The van der Waals surface area contributed by atoms with Crippen LogP contribution < -0.4 is 10.9 Å². The molecule has 26 heavy (non-hydrogen) atoms. The Balaban J connectivity index is 1.89. The van der Waals surface area contributed by atoms with Crippen LogP contribution in [0, 0.1) is 0 Å². The topological polar surface area (TPSA) is 128 Å². The third-order valence-corrected chi connectivity index (χ3v) is 6.33. The van der Waals surface area contributed by atoms with Crippen molar-refractivity contribution < 1.29 is 23.1 Å². The number of ether oxygens (including phenoxy) is 1. The number of rotatable bonds is 3. The highest BCUT2D eigenvalue weighted by molar-refractivity contribution is 7.99. The number of carbonyl (C=O) groups is 1. The van der Waals surface area contributed by atoms with Gasteiger partial charge >= 0.3 is 0 Å². The SMILES string of the molecule is CC1=CC=C(CNC(=O)c2nc3n(c(=O)c2O)CCOC3(C)C)S1(=O)=O. The van der Waals surface area contributed by atoms with Crippen LogP contribution in [0.1, 0.15) is 37.1 Å². The maximum absolute atomic E-state index is 12.4. The van der Waals surface area contributed by atoms with Gasteiger partial charge in [0.2, 0.25) is 5.75 Å². The molecule has 3 heterocycles. The Kier molecular flexibility index (Phi) is 4.27. The van der Waals surface area contributed by atoms with Crippen molar-refractivity contribution >= 4 is 15.7 Å². The van der Waals surface area contributed by atoms with Gasteiger partial charge < -0.3 is 15.2 Å². The fourth-order valence-corrected chi connectivity index (χ4v) is 4.00. The first-order chi connectivity index (χ1) is 12.1. The number of nitrogens with one attached hydrogen (secondary N) is 1. The summed E-state index contributed by atoms with van der Waals surface area (Å²) in [6.45, 7) is 5.09. The Morgan fingerprint density at radius 2 is 2.12 bits per heavy atom. The predicted octanol–water partition coefficient (Wildman–Crippen LogP) is 0.160. The van der Waals surface area contributed by atoms with Gasteiger partial charge in [-0.25, -0.2) is 13.4 Å². The van der Waals surface area contributed by atoms with E-state index in [0.29, 0.717) is 0 Å². The van der Waals surface area contributed by atoms with Crippen LogP contribution in [0.5, 0.6) is 5.75 Å². The third-order valence-electron chi connectivity index (χ3n) is 4.37. The van der Waals surface area contributed by atoms with Crippen LogP contribution in [0.25, 0.3) is 0 Å². The second-order valence-corrected chi connectivity index (χ2v) is 8.72. The van der Waals surface area contributed by atoms with Crippen LogP contribution in [0.2, 0.25) is 0 Å². The van der Waals surface area contributed by atoms with Crippen molar-refractivity contribution in [3.05, 3.63) is 43.8 Å². The summed E-state index contributed by atoms with van der Waals surface area (Å²) in [5.74, 6) is -1.39. The molecule has 1 aromatic rings. The minimum atomic E-state index is -3.56. The van der Waals surface area contributed by atoms with E-state index in [4.69, 9.17) is 4.74 Å². The zero-order valence-corrected chi connectivity index (χ0v) is 15.4. The quantitative estimate of drug-likeness (QED) is 0.763. The Morgan fingerprint density at radius 1 is 1.42 bits per heavy atom. The molecule has 0 fully saturated rings. The minimum Gasteiger partial charge on any atom is -0.501 e. The highest BCUT2D eigenvalue weighted by Gasteiger charge is 2.34. The summed E-state index contributed by atoms with van der Waals surface area (Å²) in [5.41, 5.74) is -2.10. The second-order valence-electron chi connectivity index (χ2n) is 6.54. The fraction of sp³-hybridized carbons (Fsp3) is 0.438. The lowest BCUT2D eigenvalue weighted by Crippen LogP contribution is -2.42. The van der Waals surface area contributed by atoms with Crippen LogP contribution in [-0.2, 0) is 26.7 Å². The number of sulfone groups is 1. The maximum atomic E-state index is 12.4. The molecule has 0 radical (unpaired) electrons. The monoisotopic (exact) mass is 381 g/mol. The number of carbonyl (C=O) groups excluding carboxylic acids is 1. The largest absolute Gasteiger partial charge is 0.501 e. The summed E-state index contributed by atoms with van der Waals surface area (Å²) < 4.78 is 30.9. The van der Waals surface area contributed by atoms with Crippen molar-refractivity contribution in [1.29, 1.82) is 0 Å². The van der Waals surface area contributed by atoms with Crippen LogP contribution in [0.15, 0.2) is 26.8 Å². The molecule has 2 N–H and O–H groups in total. The van der Waals surface area contributed by atoms with E-state index in [1.165, 1.54) is 23.6 Å². The summed E-state index contributed by atoms with van der Waals surface area (Å²) in [7, 11) is -3.56. The van der Waals surface area contributed by atoms with Gasteiger partial charge in [-0.2, -0.15) is 0 Å². The van der Waals surface area contributed by atoms with Crippen molar-refractivity contribution in [2.75, 3.05) is 13.2 Å². The van der Waals surface area contributed by atoms with Gasteiger partial charge in [0, 0.05) is 4.91 Å². The van der Waals surface area contributed by atoms with E-state index < -0.39 is 38.3 Å². The molecule has 0 atom stereocenters. The molecule has 3 rings (SSSR count). The summed E-state index contributed by atoms with van der Waals surface area (Å²) >= 11 is 0. The molecule has 2 aliphatic rings. The number of amides is 1. The van der Waals surface area contributed by atoms with Gasteiger partial charge in [-0.15, -0.1) is 0 Å². The molecule has 0 aliphatic carbocycles. The first-order valence-corrected chi connectivity index (χ1v) is 9.43. The zero-order chi connectivity index (χ0) is 19.3. The van der Waals surface area contributed by atoms with Crippen LogP contribution in [0.3, 0.4) is 0 Å². The Labute approximate surface area is 149 Å². The molecular formula is C16H19N3O6S. The lowest BCUT2D eigenvalue weighted by atomic mass is 10.1. The molecular weight excluding hydrogens is 362 g/mol. The average molecular weight is 381 g/mol. The summed E-state index contributed by atoms with van der Waals surface area (Å²) in [4.78, 5) is 29.1. The number of allylic oxidation sites excluding steroid dienone is 3. The first-order valence-electron chi connectivity index (χ1n) is 7.94. The fourth-order valence-electron chi connectivity index (χ4n) is 2.83. The molecule has 0 spiro atoms. The number of hydrogen-bond donors (Lipinski definition) is 2. The molecule has 140 valence electrons. The normalized spacial score (nSPS) is 20.1. The van der Waals surface area contributed by atoms with Crippen molar-refractivity contribution in [1.82, 2.24) is 14.9 Å². The minimum absolute atomic E-state index is 0.0289. The Bertz CT molecular complexity index is 1020. The lowest BCUT2D eigenvalue weighted by molar-refractivity contribution is -0.0566. The molecule has 0 saturated carbocycles. The molecule has 0 aromatic carbocycles. The number of hydrogen-bond acceptors (Lipinski definition) is 7. The second kappa shape index (κ2) is 6.06. The molecule has 9 nitrogen and oxygen atoms in total. The van der Waals surface area contributed by atoms with Crippen molar-refractivity contribution in [2.45, 2.75) is 32.9 Å². The average Bonchev–Trinajstić information content (AvgIpc) is 2.82. The number of aromatic nitrogens is 2. The van der Waals surface area contributed by atoms with E-state index >= 15 is 0 Å². The van der Waals surface area contributed by atoms with Gasteiger partial charge in [0.25, 0.3) is 11.5 Å². The molecule has 0 bridgehead atoms. The van der Waals surface area contributed by atoms with E-state index in [9.17, 15) is 23.1 Å². The van der Waals surface area contributed by atoms with E-state index in [2.05, 4.69) is 10.3 Å². The summed E-state index contributed by atoms with van der Waals surface area (Å²) in [5, 5.41) is 12.5. The van der Waals surface area contributed by atoms with Gasteiger partial charge in [0.05, 0.1) is 24.6 Å². The lowest BCUT2D eigenvalue weighted by Gasteiger charge is -2.32. The summed E-state index contributed by atoms with van der Waals surface area (Å²) in [6, 6.07) is 0. The van der Waals surface area contributed by atoms with Gasteiger partial charge in [-0.05, 0) is 32.9 Å². The molecule has 1 aromatic heterocycles. The molecule has 2 aliphatic heterocycles. The van der Waals surface area contributed by atoms with Crippen molar-refractivity contribution in [2.24, 2.45) is 0 Å². The standard InChI is InChI=1S/C16H19N3O6S/c1-9-4-5-10(26(9,23)24)8-17-13(21)11-12(20)14(22)19-6-7-25-16(2,3)15(19)18-11/h4-5,20H,6-8H2,1-3H3,(H,17,21). The summed E-state index contributed by atoms with van der Waals surface area (Å²) in [6.07, 6.45) is 2.84. The van der Waals surface area contributed by atoms with Crippen molar-refractivity contribution in [3.63, 3.8) is 0 Å². The molecule has 10 heteroatoms. The predicted molar refractivity (Wildman–Crippen MR) is 92.2 cm³/mol. The highest BCUT2D eigenvalue weighted by atomic mass is 32.2. The number of fused-ring (bicyclic) bond motifs is 1. The van der Waals surface area contributed by atoms with E-state index in [0.717, 1.165) is 0 Å². The number of nitrogens with zero attached hydrogens (tertiary/aromatic N) is 2. The Morgan fingerprint density at radius 3 is 2.73 bits per heavy atom. The Hall–Kier alpha value is -2.46. The van der Waals surface area contributed by atoms with E-state index in [-0.39, 0.29) is 35.3 Å². The van der Waals surface area contributed by atoms with Crippen LogP contribution >= 0.6 is 0 Å². The van der Waals surface area contributed by atoms with Crippen LogP contribution in [-0.4, -0.2) is 42.1 Å². The number of aromatic hydroxyl groups is 1.